The number of benzene rings is 3. The van der Waals surface area contributed by atoms with E-state index in [0.717, 1.165) is 35.4 Å². The Morgan fingerprint density at radius 3 is 2.39 bits per heavy atom. The fourth-order valence-corrected chi connectivity index (χ4v) is 4.60. The number of ether oxygens (including phenoxy) is 1. The Hall–Kier alpha value is -3.47. The lowest BCUT2D eigenvalue weighted by Gasteiger charge is -2.26. The number of aromatic nitrogens is 2. The van der Waals surface area contributed by atoms with E-state index in [4.69, 9.17) is 10.5 Å². The number of nitrogen functional groups attached to an aromatic ring is 1. The highest BCUT2D eigenvalue weighted by Gasteiger charge is 2.23. The second-order valence-corrected chi connectivity index (χ2v) is 8.30. The molecule has 1 saturated carbocycles. The second kappa shape index (κ2) is 8.34. The van der Waals surface area contributed by atoms with E-state index < -0.39 is 0 Å². The van der Waals surface area contributed by atoms with Crippen LogP contribution >= 0.6 is 0 Å². The molecule has 1 aliphatic rings. The molecule has 31 heavy (non-hydrogen) atoms. The molecule has 0 spiro atoms. The number of nitrogens with two attached hydrogens (primary N) is 1. The minimum atomic E-state index is -0.0224. The van der Waals surface area contributed by atoms with E-state index in [1.54, 1.807) is 6.07 Å². The van der Waals surface area contributed by atoms with Crippen LogP contribution in [0.1, 0.15) is 43.7 Å². The first-order valence-corrected chi connectivity index (χ1v) is 11.0. The van der Waals surface area contributed by atoms with E-state index in [1.165, 1.54) is 19.3 Å². The van der Waals surface area contributed by atoms with Crippen LogP contribution in [0, 0.1) is 0 Å². The number of nitrogens with zero attached hydrogens (tertiary/aromatic N) is 2. The van der Waals surface area contributed by atoms with Gasteiger partial charge in [-0.15, -0.1) is 0 Å². The molecule has 0 unspecified atom stereocenters. The molecule has 1 fully saturated rings. The highest BCUT2D eigenvalue weighted by molar-refractivity contribution is 5.82. The van der Waals surface area contributed by atoms with E-state index in [9.17, 15) is 4.79 Å². The summed E-state index contributed by atoms with van der Waals surface area (Å²) in [5.74, 6) is 0.783. The van der Waals surface area contributed by atoms with Crippen molar-refractivity contribution in [2.24, 2.45) is 0 Å². The largest absolute Gasteiger partial charge is 0.489 e. The molecule has 1 aliphatic carbocycles. The van der Waals surface area contributed by atoms with Crippen LogP contribution in [0.15, 0.2) is 77.6 Å². The van der Waals surface area contributed by atoms with Crippen molar-refractivity contribution in [3.05, 3.63) is 88.7 Å². The average Bonchev–Trinajstić information content (AvgIpc) is 3.11. The van der Waals surface area contributed by atoms with Crippen molar-refractivity contribution in [2.75, 3.05) is 5.73 Å². The van der Waals surface area contributed by atoms with Crippen molar-refractivity contribution in [1.29, 1.82) is 0 Å². The van der Waals surface area contributed by atoms with Gasteiger partial charge in [0.15, 0.2) is 0 Å². The Kier molecular flexibility index (Phi) is 5.24. The molecule has 1 aromatic heterocycles. The molecule has 0 bridgehead atoms. The van der Waals surface area contributed by atoms with Crippen molar-refractivity contribution in [3.63, 3.8) is 0 Å². The van der Waals surface area contributed by atoms with Gasteiger partial charge in [-0.1, -0.05) is 49.6 Å². The lowest BCUT2D eigenvalue weighted by Crippen LogP contribution is -2.25. The van der Waals surface area contributed by atoms with E-state index >= 15 is 0 Å². The van der Waals surface area contributed by atoms with Crippen LogP contribution in [0.4, 0.5) is 5.69 Å². The Morgan fingerprint density at radius 1 is 0.903 bits per heavy atom. The van der Waals surface area contributed by atoms with Gasteiger partial charge in [0.05, 0.1) is 22.6 Å². The standard InChI is InChI=1S/C26H27N3O2/c27-20-11-16-25-24(17-20)26(30)29(28(25)21-9-5-2-6-10-21)22-12-14-23(15-13-22)31-18-19-7-3-1-4-8-19/h1,3-4,7-8,11-17,21H,2,5-6,9-10,18,27H2. The first-order chi connectivity index (χ1) is 15.2. The molecule has 1 heterocycles. The summed E-state index contributed by atoms with van der Waals surface area (Å²) >= 11 is 0. The van der Waals surface area contributed by atoms with Crippen LogP contribution < -0.4 is 16.0 Å². The van der Waals surface area contributed by atoms with E-state index in [1.807, 2.05) is 71.4 Å². The first-order valence-electron chi connectivity index (χ1n) is 11.0. The van der Waals surface area contributed by atoms with Gasteiger partial charge in [-0.3, -0.25) is 9.48 Å². The third kappa shape index (κ3) is 3.83. The Morgan fingerprint density at radius 2 is 1.65 bits per heavy atom. The quantitative estimate of drug-likeness (QED) is 0.442. The van der Waals surface area contributed by atoms with Crippen LogP contribution in [0.3, 0.4) is 0 Å². The number of rotatable bonds is 5. The number of hydrogen-bond acceptors (Lipinski definition) is 3. The molecule has 0 amide bonds. The predicted molar refractivity (Wildman–Crippen MR) is 125 cm³/mol. The van der Waals surface area contributed by atoms with Crippen LogP contribution in [0.25, 0.3) is 16.6 Å². The van der Waals surface area contributed by atoms with Crippen LogP contribution in [0.2, 0.25) is 0 Å². The number of hydrogen-bond donors (Lipinski definition) is 1. The van der Waals surface area contributed by atoms with Crippen molar-refractivity contribution >= 4 is 16.6 Å². The summed E-state index contributed by atoms with van der Waals surface area (Å²) in [4.78, 5) is 13.4. The minimum Gasteiger partial charge on any atom is -0.489 e. The molecule has 2 N–H and O–H groups in total. The van der Waals surface area contributed by atoms with Gasteiger partial charge in [0, 0.05) is 5.69 Å². The smallest absolute Gasteiger partial charge is 0.279 e. The average molecular weight is 414 g/mol. The molecule has 0 saturated heterocycles. The molecule has 0 atom stereocenters. The summed E-state index contributed by atoms with van der Waals surface area (Å²) < 4.78 is 9.93. The molecular formula is C26H27N3O2. The molecule has 3 aromatic carbocycles. The maximum Gasteiger partial charge on any atom is 0.279 e. The van der Waals surface area contributed by atoms with Crippen LogP contribution in [-0.2, 0) is 6.61 Å². The molecule has 0 radical (unpaired) electrons. The zero-order chi connectivity index (χ0) is 21.2. The van der Waals surface area contributed by atoms with Crippen molar-refractivity contribution in [1.82, 2.24) is 9.36 Å². The molecule has 5 heteroatoms. The maximum absolute atomic E-state index is 13.4. The predicted octanol–water partition coefficient (Wildman–Crippen LogP) is 5.46. The monoisotopic (exact) mass is 413 g/mol. The molecule has 5 rings (SSSR count). The first kappa shape index (κ1) is 19.5. The zero-order valence-electron chi connectivity index (χ0n) is 17.5. The lowest BCUT2D eigenvalue weighted by molar-refractivity contribution is 0.305. The summed E-state index contributed by atoms with van der Waals surface area (Å²) in [5, 5.41) is 0.676. The van der Waals surface area contributed by atoms with Crippen LogP contribution in [-0.4, -0.2) is 9.36 Å². The van der Waals surface area contributed by atoms with Gasteiger partial charge in [0.2, 0.25) is 0 Å². The fourth-order valence-electron chi connectivity index (χ4n) is 4.60. The summed E-state index contributed by atoms with van der Waals surface area (Å²) in [6.07, 6.45) is 5.83. The molecular weight excluding hydrogens is 386 g/mol. The van der Waals surface area contributed by atoms with Gasteiger partial charge in [-0.2, -0.15) is 0 Å². The Bertz CT molecular complexity index is 1230. The Balaban J connectivity index is 1.51. The topological polar surface area (TPSA) is 62.2 Å². The fraction of sp³-hybridized carbons (Fsp3) is 0.269. The second-order valence-electron chi connectivity index (χ2n) is 8.30. The summed E-state index contributed by atoms with van der Waals surface area (Å²) in [6, 6.07) is 23.9. The number of fused-ring (bicyclic) bond motifs is 1. The molecule has 158 valence electrons. The lowest BCUT2D eigenvalue weighted by atomic mass is 9.95. The van der Waals surface area contributed by atoms with Crippen LogP contribution in [0.5, 0.6) is 5.75 Å². The summed E-state index contributed by atoms with van der Waals surface area (Å²) in [7, 11) is 0. The molecule has 5 nitrogen and oxygen atoms in total. The van der Waals surface area contributed by atoms with E-state index in [0.29, 0.717) is 23.7 Å². The highest BCUT2D eigenvalue weighted by atomic mass is 16.5. The number of anilines is 1. The third-order valence-electron chi connectivity index (χ3n) is 6.16. The zero-order valence-corrected chi connectivity index (χ0v) is 17.5. The van der Waals surface area contributed by atoms with Crippen molar-refractivity contribution < 1.29 is 4.74 Å². The highest BCUT2D eigenvalue weighted by Crippen LogP contribution is 2.32. The van der Waals surface area contributed by atoms with E-state index in [-0.39, 0.29) is 5.56 Å². The van der Waals surface area contributed by atoms with Gasteiger partial charge in [-0.05, 0) is 60.9 Å². The molecule has 4 aromatic rings. The summed E-state index contributed by atoms with van der Waals surface area (Å²) in [5.41, 5.74) is 9.51. The SMILES string of the molecule is Nc1ccc2c(c1)c(=O)n(-c1ccc(OCc3ccccc3)cc1)n2C1CCCCC1. The van der Waals surface area contributed by atoms with Gasteiger partial charge in [0.1, 0.15) is 12.4 Å². The van der Waals surface area contributed by atoms with Gasteiger partial charge >= 0.3 is 0 Å². The van der Waals surface area contributed by atoms with Crippen molar-refractivity contribution in [2.45, 2.75) is 44.8 Å². The Labute approximate surface area is 181 Å². The van der Waals surface area contributed by atoms with Gasteiger partial charge in [-0.25, -0.2) is 4.68 Å². The summed E-state index contributed by atoms with van der Waals surface area (Å²) in [6.45, 7) is 0.516. The van der Waals surface area contributed by atoms with Gasteiger partial charge < -0.3 is 10.5 Å². The van der Waals surface area contributed by atoms with Gasteiger partial charge in [0.25, 0.3) is 5.56 Å². The maximum atomic E-state index is 13.4. The third-order valence-corrected chi connectivity index (χ3v) is 6.16. The van der Waals surface area contributed by atoms with E-state index in [2.05, 4.69) is 4.68 Å². The minimum absolute atomic E-state index is 0.0224. The normalized spacial score (nSPS) is 14.7. The van der Waals surface area contributed by atoms with Crippen molar-refractivity contribution in [3.8, 4) is 11.4 Å². The molecule has 0 aliphatic heterocycles.